The molecule has 19 heavy (non-hydrogen) atoms. The Balaban J connectivity index is 1.71. The van der Waals surface area contributed by atoms with E-state index < -0.39 is 0 Å². The zero-order valence-corrected chi connectivity index (χ0v) is 12.9. The van der Waals surface area contributed by atoms with Crippen LogP contribution in [-0.2, 0) is 4.74 Å². The van der Waals surface area contributed by atoms with Crippen LogP contribution in [0.4, 0.5) is 0 Å². The van der Waals surface area contributed by atoms with Crippen molar-refractivity contribution >= 4 is 0 Å². The number of nitrogens with zero attached hydrogens (tertiary/aromatic N) is 1. The highest BCUT2D eigenvalue weighted by molar-refractivity contribution is 4.92. The van der Waals surface area contributed by atoms with Crippen molar-refractivity contribution in [3.8, 4) is 0 Å². The summed E-state index contributed by atoms with van der Waals surface area (Å²) in [7, 11) is 0. The zero-order valence-electron chi connectivity index (χ0n) is 12.9. The van der Waals surface area contributed by atoms with Gasteiger partial charge in [-0.05, 0) is 71.9 Å². The van der Waals surface area contributed by atoms with Crippen LogP contribution in [0, 0.1) is 0 Å². The lowest BCUT2D eigenvalue weighted by atomic mass is 9.87. The minimum absolute atomic E-state index is 0.150. The number of hydrogen-bond donors (Lipinski definition) is 1. The van der Waals surface area contributed by atoms with Crippen molar-refractivity contribution in [3.05, 3.63) is 0 Å². The van der Waals surface area contributed by atoms with Crippen LogP contribution in [0.5, 0.6) is 0 Å². The van der Waals surface area contributed by atoms with Crippen molar-refractivity contribution in [1.82, 2.24) is 4.90 Å². The van der Waals surface area contributed by atoms with E-state index in [4.69, 9.17) is 10.5 Å². The van der Waals surface area contributed by atoms with Crippen molar-refractivity contribution in [1.29, 1.82) is 0 Å². The number of rotatable bonds is 6. The Labute approximate surface area is 118 Å². The van der Waals surface area contributed by atoms with Gasteiger partial charge in [0.05, 0.1) is 6.10 Å². The Kier molecular flexibility index (Phi) is 5.67. The highest BCUT2D eigenvalue weighted by Crippen LogP contribution is 2.26. The second-order valence-corrected chi connectivity index (χ2v) is 6.87. The third kappa shape index (κ3) is 4.17. The predicted molar refractivity (Wildman–Crippen MR) is 80.3 cm³/mol. The van der Waals surface area contributed by atoms with Crippen LogP contribution < -0.4 is 5.73 Å². The molecule has 112 valence electrons. The van der Waals surface area contributed by atoms with Crippen LogP contribution in [0.15, 0.2) is 0 Å². The molecule has 0 amide bonds. The van der Waals surface area contributed by atoms with E-state index in [9.17, 15) is 0 Å². The molecular weight excluding hydrogens is 236 g/mol. The van der Waals surface area contributed by atoms with E-state index >= 15 is 0 Å². The molecule has 0 aromatic carbocycles. The number of piperidine rings is 1. The van der Waals surface area contributed by atoms with Gasteiger partial charge in [-0.1, -0.05) is 6.42 Å². The molecule has 2 unspecified atom stereocenters. The van der Waals surface area contributed by atoms with Crippen LogP contribution >= 0.6 is 0 Å². The average molecular weight is 268 g/mol. The molecule has 3 nitrogen and oxygen atoms in total. The molecule has 0 aliphatic carbocycles. The fourth-order valence-electron chi connectivity index (χ4n) is 3.50. The lowest BCUT2D eigenvalue weighted by Gasteiger charge is -2.44. The van der Waals surface area contributed by atoms with E-state index in [1.165, 1.54) is 58.0 Å². The molecule has 2 aliphatic rings. The maximum absolute atomic E-state index is 6.48. The molecule has 2 aliphatic heterocycles. The monoisotopic (exact) mass is 268 g/mol. The summed E-state index contributed by atoms with van der Waals surface area (Å²) >= 11 is 0. The molecule has 3 heteroatoms. The second-order valence-electron chi connectivity index (χ2n) is 6.87. The minimum atomic E-state index is 0.150. The summed E-state index contributed by atoms with van der Waals surface area (Å²) < 4.78 is 5.69. The molecule has 2 heterocycles. The van der Waals surface area contributed by atoms with Gasteiger partial charge < -0.3 is 10.5 Å². The Morgan fingerprint density at radius 3 is 2.58 bits per heavy atom. The first-order chi connectivity index (χ1) is 9.10. The molecule has 0 radical (unpaired) electrons. The van der Waals surface area contributed by atoms with Gasteiger partial charge in [-0.2, -0.15) is 0 Å². The van der Waals surface area contributed by atoms with Gasteiger partial charge >= 0.3 is 0 Å². The zero-order chi connectivity index (χ0) is 13.7. The van der Waals surface area contributed by atoms with Gasteiger partial charge in [0.1, 0.15) is 0 Å². The SMILES string of the molecule is CC(C)(C(N)CCCC1CCCO1)N1CCCCC1. The molecule has 2 atom stereocenters. The normalized spacial score (nSPS) is 27.6. The molecule has 2 rings (SSSR count). The second kappa shape index (κ2) is 7.05. The summed E-state index contributed by atoms with van der Waals surface area (Å²) in [6, 6.07) is 0.284. The summed E-state index contributed by atoms with van der Waals surface area (Å²) in [4.78, 5) is 2.60. The summed E-state index contributed by atoms with van der Waals surface area (Å²) in [5.74, 6) is 0. The van der Waals surface area contributed by atoms with Crippen molar-refractivity contribution in [2.24, 2.45) is 5.73 Å². The molecule has 0 saturated carbocycles. The fourth-order valence-corrected chi connectivity index (χ4v) is 3.50. The third-order valence-corrected chi connectivity index (χ3v) is 5.14. The Morgan fingerprint density at radius 2 is 1.95 bits per heavy atom. The van der Waals surface area contributed by atoms with Gasteiger partial charge in [0.25, 0.3) is 0 Å². The first kappa shape index (κ1) is 15.3. The van der Waals surface area contributed by atoms with Gasteiger partial charge in [0, 0.05) is 18.2 Å². The number of likely N-dealkylation sites (tertiary alicyclic amines) is 1. The van der Waals surface area contributed by atoms with Crippen molar-refractivity contribution in [2.45, 2.75) is 82.9 Å². The summed E-state index contributed by atoms with van der Waals surface area (Å²) in [5.41, 5.74) is 6.63. The maximum atomic E-state index is 6.48. The van der Waals surface area contributed by atoms with Crippen molar-refractivity contribution < 1.29 is 4.74 Å². The van der Waals surface area contributed by atoms with E-state index in [0.29, 0.717) is 6.10 Å². The van der Waals surface area contributed by atoms with Crippen LogP contribution in [0.25, 0.3) is 0 Å². The van der Waals surface area contributed by atoms with Crippen molar-refractivity contribution in [3.63, 3.8) is 0 Å². The first-order valence-corrected chi connectivity index (χ1v) is 8.23. The minimum Gasteiger partial charge on any atom is -0.378 e. The largest absolute Gasteiger partial charge is 0.378 e. The van der Waals surface area contributed by atoms with Crippen LogP contribution in [-0.4, -0.2) is 42.3 Å². The molecule has 2 fully saturated rings. The summed E-state index contributed by atoms with van der Waals surface area (Å²) in [6.45, 7) is 8.08. The lowest BCUT2D eigenvalue weighted by molar-refractivity contribution is 0.0656. The van der Waals surface area contributed by atoms with Crippen molar-refractivity contribution in [2.75, 3.05) is 19.7 Å². The number of nitrogens with two attached hydrogens (primary N) is 1. The van der Waals surface area contributed by atoms with E-state index in [0.717, 1.165) is 13.0 Å². The predicted octanol–water partition coefficient (Wildman–Crippen LogP) is 2.93. The molecule has 2 saturated heterocycles. The van der Waals surface area contributed by atoms with E-state index in [-0.39, 0.29) is 11.6 Å². The summed E-state index contributed by atoms with van der Waals surface area (Å²) in [5, 5.41) is 0. The van der Waals surface area contributed by atoms with Gasteiger partial charge in [-0.25, -0.2) is 0 Å². The first-order valence-electron chi connectivity index (χ1n) is 8.23. The lowest BCUT2D eigenvalue weighted by Crippen LogP contribution is -2.57. The molecular formula is C16H32N2O. The average Bonchev–Trinajstić information content (AvgIpc) is 2.93. The topological polar surface area (TPSA) is 38.5 Å². The quantitative estimate of drug-likeness (QED) is 0.805. The van der Waals surface area contributed by atoms with Gasteiger partial charge in [-0.15, -0.1) is 0 Å². The maximum Gasteiger partial charge on any atom is 0.0576 e. The van der Waals surface area contributed by atoms with Crippen LogP contribution in [0.3, 0.4) is 0 Å². The van der Waals surface area contributed by atoms with Gasteiger partial charge in [0.15, 0.2) is 0 Å². The Morgan fingerprint density at radius 1 is 1.21 bits per heavy atom. The Bertz CT molecular complexity index is 255. The summed E-state index contributed by atoms with van der Waals surface area (Å²) in [6.07, 6.45) is 10.6. The van der Waals surface area contributed by atoms with Gasteiger partial charge in [0.2, 0.25) is 0 Å². The van der Waals surface area contributed by atoms with E-state index in [1.807, 2.05) is 0 Å². The smallest absolute Gasteiger partial charge is 0.0576 e. The molecule has 0 aromatic heterocycles. The van der Waals surface area contributed by atoms with Gasteiger partial charge in [-0.3, -0.25) is 4.90 Å². The standard InChI is InChI=1S/C16H32N2O/c1-16(2,18-11-4-3-5-12-18)15(17)10-6-8-14-9-7-13-19-14/h14-15H,3-13,17H2,1-2H3. The molecule has 2 N–H and O–H groups in total. The number of ether oxygens (including phenoxy) is 1. The molecule has 0 bridgehead atoms. The molecule has 0 aromatic rings. The van der Waals surface area contributed by atoms with E-state index in [2.05, 4.69) is 18.7 Å². The fraction of sp³-hybridized carbons (Fsp3) is 1.00. The third-order valence-electron chi connectivity index (χ3n) is 5.14. The number of hydrogen-bond acceptors (Lipinski definition) is 3. The highest BCUT2D eigenvalue weighted by Gasteiger charge is 2.33. The highest BCUT2D eigenvalue weighted by atomic mass is 16.5. The van der Waals surface area contributed by atoms with E-state index in [1.54, 1.807) is 0 Å². The molecule has 0 spiro atoms. The van der Waals surface area contributed by atoms with Crippen LogP contribution in [0.1, 0.15) is 65.2 Å². The Hall–Kier alpha value is -0.120. The van der Waals surface area contributed by atoms with Crippen LogP contribution in [0.2, 0.25) is 0 Å².